The van der Waals surface area contributed by atoms with Crippen molar-refractivity contribution >= 4 is 11.6 Å². The number of carbonyl (C=O) groups excluding carboxylic acids is 1. The highest BCUT2D eigenvalue weighted by molar-refractivity contribution is 5.91. The molecule has 0 radical (unpaired) electrons. The molecule has 1 fully saturated rings. The van der Waals surface area contributed by atoms with Gasteiger partial charge >= 0.3 is 0 Å². The van der Waals surface area contributed by atoms with E-state index in [1.807, 2.05) is 6.92 Å². The van der Waals surface area contributed by atoms with Crippen LogP contribution in [0.1, 0.15) is 32.6 Å². The lowest BCUT2D eigenvalue weighted by Gasteiger charge is -2.37. The Balaban J connectivity index is 1.86. The standard InChI is InChI=1S/C13H19N3O2/c1-2-18-12-5-4-10(9-15-12)16-11(17)8-13(14)6-3-7-13/h4-5,9H,2-3,6-8,14H2,1H3,(H,16,17). The fourth-order valence-corrected chi connectivity index (χ4v) is 2.02. The second-order valence-corrected chi connectivity index (χ2v) is 4.76. The minimum Gasteiger partial charge on any atom is -0.478 e. The third-order valence-corrected chi connectivity index (χ3v) is 3.17. The molecule has 0 unspecified atom stereocenters. The van der Waals surface area contributed by atoms with Crippen molar-refractivity contribution in [2.45, 2.75) is 38.1 Å². The molecule has 0 atom stereocenters. The molecule has 1 saturated carbocycles. The van der Waals surface area contributed by atoms with Crippen LogP contribution < -0.4 is 15.8 Å². The first-order chi connectivity index (χ1) is 8.61. The number of nitrogens with zero attached hydrogens (tertiary/aromatic N) is 1. The molecule has 1 aromatic rings. The average molecular weight is 249 g/mol. The summed E-state index contributed by atoms with van der Waals surface area (Å²) in [5.74, 6) is 0.507. The van der Waals surface area contributed by atoms with E-state index >= 15 is 0 Å². The van der Waals surface area contributed by atoms with Crippen molar-refractivity contribution in [3.63, 3.8) is 0 Å². The molecule has 98 valence electrons. The maximum atomic E-state index is 11.8. The van der Waals surface area contributed by atoms with Gasteiger partial charge in [-0.25, -0.2) is 4.98 Å². The lowest BCUT2D eigenvalue weighted by molar-refractivity contribution is -0.118. The molecule has 1 aliphatic carbocycles. The number of ether oxygens (including phenoxy) is 1. The van der Waals surface area contributed by atoms with E-state index in [0.717, 1.165) is 19.3 Å². The molecule has 1 amide bonds. The Labute approximate surface area is 107 Å². The number of nitrogens with two attached hydrogens (primary N) is 1. The number of carbonyl (C=O) groups is 1. The number of nitrogens with one attached hydrogen (secondary N) is 1. The Hall–Kier alpha value is -1.62. The van der Waals surface area contributed by atoms with Crippen LogP contribution in [-0.2, 0) is 4.79 Å². The molecule has 0 aliphatic heterocycles. The lowest BCUT2D eigenvalue weighted by Crippen LogP contribution is -2.48. The van der Waals surface area contributed by atoms with E-state index < -0.39 is 0 Å². The number of amides is 1. The Morgan fingerprint density at radius 2 is 2.33 bits per heavy atom. The quantitative estimate of drug-likeness (QED) is 0.832. The normalized spacial score (nSPS) is 16.8. The molecule has 0 spiro atoms. The van der Waals surface area contributed by atoms with Crippen molar-refractivity contribution in [1.29, 1.82) is 0 Å². The zero-order chi connectivity index (χ0) is 13.0. The fraction of sp³-hybridized carbons (Fsp3) is 0.538. The summed E-state index contributed by atoms with van der Waals surface area (Å²) in [7, 11) is 0. The van der Waals surface area contributed by atoms with Gasteiger partial charge in [-0.2, -0.15) is 0 Å². The van der Waals surface area contributed by atoms with Crippen molar-refractivity contribution in [3.8, 4) is 5.88 Å². The van der Waals surface area contributed by atoms with Crippen molar-refractivity contribution in [2.24, 2.45) is 5.73 Å². The van der Waals surface area contributed by atoms with Crippen LogP contribution in [0, 0.1) is 0 Å². The van der Waals surface area contributed by atoms with E-state index in [4.69, 9.17) is 10.5 Å². The summed E-state index contributed by atoms with van der Waals surface area (Å²) >= 11 is 0. The van der Waals surface area contributed by atoms with Crippen LogP contribution in [0.15, 0.2) is 18.3 Å². The highest BCUT2D eigenvalue weighted by Gasteiger charge is 2.34. The molecule has 0 aromatic carbocycles. The second kappa shape index (κ2) is 5.35. The molecule has 1 heterocycles. The number of rotatable bonds is 5. The van der Waals surface area contributed by atoms with Crippen LogP contribution in [0.3, 0.4) is 0 Å². The van der Waals surface area contributed by atoms with Gasteiger partial charge in [0, 0.05) is 18.0 Å². The largest absolute Gasteiger partial charge is 0.478 e. The molecular weight excluding hydrogens is 230 g/mol. The first-order valence-corrected chi connectivity index (χ1v) is 6.29. The molecule has 1 aliphatic rings. The van der Waals surface area contributed by atoms with Crippen LogP contribution in [0.25, 0.3) is 0 Å². The molecule has 1 aromatic heterocycles. The highest BCUT2D eigenvalue weighted by Crippen LogP contribution is 2.32. The van der Waals surface area contributed by atoms with Crippen LogP contribution >= 0.6 is 0 Å². The fourth-order valence-electron chi connectivity index (χ4n) is 2.02. The van der Waals surface area contributed by atoms with E-state index in [0.29, 0.717) is 24.6 Å². The van der Waals surface area contributed by atoms with Crippen molar-refractivity contribution in [1.82, 2.24) is 4.98 Å². The maximum absolute atomic E-state index is 11.8. The van der Waals surface area contributed by atoms with Gasteiger partial charge in [-0.1, -0.05) is 0 Å². The van der Waals surface area contributed by atoms with Crippen molar-refractivity contribution in [3.05, 3.63) is 18.3 Å². The minimum atomic E-state index is -0.289. The zero-order valence-electron chi connectivity index (χ0n) is 10.6. The zero-order valence-corrected chi connectivity index (χ0v) is 10.6. The minimum absolute atomic E-state index is 0.0526. The topological polar surface area (TPSA) is 77.2 Å². The van der Waals surface area contributed by atoms with Gasteiger partial charge in [-0.15, -0.1) is 0 Å². The van der Waals surface area contributed by atoms with Crippen LogP contribution in [0.2, 0.25) is 0 Å². The molecule has 5 heteroatoms. The van der Waals surface area contributed by atoms with Gasteiger partial charge in [0.25, 0.3) is 0 Å². The second-order valence-electron chi connectivity index (χ2n) is 4.76. The van der Waals surface area contributed by atoms with E-state index in [1.54, 1.807) is 18.3 Å². The summed E-state index contributed by atoms with van der Waals surface area (Å²) in [5.41, 5.74) is 6.41. The summed E-state index contributed by atoms with van der Waals surface area (Å²) in [4.78, 5) is 15.9. The third kappa shape index (κ3) is 3.20. The van der Waals surface area contributed by atoms with Gasteiger partial charge < -0.3 is 15.8 Å². The van der Waals surface area contributed by atoms with E-state index in [-0.39, 0.29) is 11.4 Å². The summed E-state index contributed by atoms with van der Waals surface area (Å²) in [6, 6.07) is 3.51. The molecule has 2 rings (SSSR count). The summed E-state index contributed by atoms with van der Waals surface area (Å²) < 4.78 is 5.23. The molecular formula is C13H19N3O2. The molecule has 0 bridgehead atoms. The molecule has 0 saturated heterocycles. The molecule has 3 N–H and O–H groups in total. The Kier molecular flexibility index (Phi) is 3.81. The predicted molar refractivity (Wildman–Crippen MR) is 69.4 cm³/mol. The van der Waals surface area contributed by atoms with E-state index in [2.05, 4.69) is 10.3 Å². The summed E-state index contributed by atoms with van der Waals surface area (Å²) in [6.45, 7) is 2.48. The monoisotopic (exact) mass is 249 g/mol. The smallest absolute Gasteiger partial charge is 0.226 e. The van der Waals surface area contributed by atoms with Crippen LogP contribution in [0.5, 0.6) is 5.88 Å². The average Bonchev–Trinajstić information content (AvgIpc) is 2.30. The number of hydrogen-bond acceptors (Lipinski definition) is 4. The van der Waals surface area contributed by atoms with Gasteiger partial charge in [0.1, 0.15) is 0 Å². The Morgan fingerprint density at radius 3 is 2.83 bits per heavy atom. The van der Waals surface area contributed by atoms with Gasteiger partial charge in [0.15, 0.2) is 0 Å². The highest BCUT2D eigenvalue weighted by atomic mass is 16.5. The van der Waals surface area contributed by atoms with Gasteiger partial charge in [-0.3, -0.25) is 4.79 Å². The third-order valence-electron chi connectivity index (χ3n) is 3.17. The van der Waals surface area contributed by atoms with Gasteiger partial charge in [-0.05, 0) is 32.3 Å². The van der Waals surface area contributed by atoms with Gasteiger partial charge in [0.2, 0.25) is 11.8 Å². The number of pyridine rings is 1. The Bertz CT molecular complexity index is 413. The van der Waals surface area contributed by atoms with Crippen molar-refractivity contribution < 1.29 is 9.53 Å². The van der Waals surface area contributed by atoms with Gasteiger partial charge in [0.05, 0.1) is 18.5 Å². The predicted octanol–water partition coefficient (Wildman–Crippen LogP) is 1.69. The first kappa shape index (κ1) is 12.8. The number of aromatic nitrogens is 1. The maximum Gasteiger partial charge on any atom is 0.226 e. The lowest BCUT2D eigenvalue weighted by atomic mass is 9.75. The van der Waals surface area contributed by atoms with Crippen LogP contribution in [-0.4, -0.2) is 23.0 Å². The Morgan fingerprint density at radius 1 is 1.56 bits per heavy atom. The van der Waals surface area contributed by atoms with E-state index in [1.165, 1.54) is 0 Å². The number of hydrogen-bond donors (Lipinski definition) is 2. The van der Waals surface area contributed by atoms with Crippen molar-refractivity contribution in [2.75, 3.05) is 11.9 Å². The first-order valence-electron chi connectivity index (χ1n) is 6.29. The van der Waals surface area contributed by atoms with E-state index in [9.17, 15) is 4.79 Å². The number of anilines is 1. The molecule has 5 nitrogen and oxygen atoms in total. The summed E-state index contributed by atoms with van der Waals surface area (Å²) in [6.07, 6.45) is 4.95. The summed E-state index contributed by atoms with van der Waals surface area (Å²) in [5, 5.41) is 2.80. The molecule has 18 heavy (non-hydrogen) atoms. The SMILES string of the molecule is CCOc1ccc(NC(=O)CC2(N)CCC2)cn1. The van der Waals surface area contributed by atoms with Crippen LogP contribution in [0.4, 0.5) is 5.69 Å².